The second-order valence-electron chi connectivity index (χ2n) is 2.34. The van der Waals surface area contributed by atoms with Crippen molar-refractivity contribution in [2.45, 2.75) is 13.3 Å². The summed E-state index contributed by atoms with van der Waals surface area (Å²) in [6.45, 7) is 8.33. The molecular weight excluding hydrogens is 156 g/mol. The first-order valence-electron chi connectivity index (χ1n) is 3.56. The van der Waals surface area contributed by atoms with Crippen molar-refractivity contribution in [2.75, 3.05) is 6.61 Å². The first kappa shape index (κ1) is 10.6. The van der Waals surface area contributed by atoms with Gasteiger partial charge in [0.2, 0.25) is 0 Å². The van der Waals surface area contributed by atoms with Crippen molar-refractivity contribution in [3.05, 3.63) is 24.8 Å². The molecule has 3 heteroatoms. The Hall–Kier alpha value is -1.38. The number of esters is 1. The molecule has 0 saturated heterocycles. The summed E-state index contributed by atoms with van der Waals surface area (Å²) >= 11 is 0. The van der Waals surface area contributed by atoms with Crippen LogP contribution >= 0.6 is 0 Å². The maximum absolute atomic E-state index is 10.8. The molecule has 0 heterocycles. The summed E-state index contributed by atoms with van der Waals surface area (Å²) in [6, 6.07) is 0. The second kappa shape index (κ2) is 5.29. The molecule has 0 saturated carbocycles. The molecule has 0 aromatic rings. The lowest BCUT2D eigenvalue weighted by molar-refractivity contribution is -0.139. The van der Waals surface area contributed by atoms with Crippen LogP contribution in [0.15, 0.2) is 24.8 Å². The van der Waals surface area contributed by atoms with Gasteiger partial charge in [0.05, 0.1) is 6.61 Å². The number of ether oxygens (including phenoxy) is 1. The summed E-state index contributed by atoms with van der Waals surface area (Å²) in [6.07, 6.45) is 1.39. The molecule has 0 aromatic carbocycles. The van der Waals surface area contributed by atoms with Gasteiger partial charge in [-0.2, -0.15) is 0 Å². The number of allylic oxidation sites excluding steroid dienone is 1. The summed E-state index contributed by atoms with van der Waals surface area (Å²) in [4.78, 5) is 21.4. The van der Waals surface area contributed by atoms with Crippen molar-refractivity contribution >= 4 is 11.8 Å². The molecule has 0 aliphatic carbocycles. The highest BCUT2D eigenvalue weighted by Gasteiger charge is 2.03. The van der Waals surface area contributed by atoms with Crippen LogP contribution in [0, 0.1) is 0 Å². The lowest BCUT2D eigenvalue weighted by Gasteiger charge is -2.01. The van der Waals surface area contributed by atoms with Crippen LogP contribution in [0.4, 0.5) is 0 Å². The summed E-state index contributed by atoms with van der Waals surface area (Å²) in [7, 11) is 0. The summed E-state index contributed by atoms with van der Waals surface area (Å²) in [5.74, 6) is -0.601. The zero-order valence-electron chi connectivity index (χ0n) is 7.13. The van der Waals surface area contributed by atoms with E-state index in [0.29, 0.717) is 5.57 Å². The van der Waals surface area contributed by atoms with Crippen LogP contribution in [0.25, 0.3) is 0 Å². The third kappa shape index (κ3) is 4.44. The number of ketones is 1. The maximum Gasteiger partial charge on any atom is 0.333 e. The largest absolute Gasteiger partial charge is 0.462 e. The number of hydrogen-bond donors (Lipinski definition) is 0. The molecule has 0 rings (SSSR count). The van der Waals surface area contributed by atoms with Crippen LogP contribution in [0.3, 0.4) is 0 Å². The van der Waals surface area contributed by atoms with Crippen LogP contribution in [-0.2, 0) is 14.3 Å². The van der Waals surface area contributed by atoms with E-state index in [4.69, 9.17) is 0 Å². The van der Waals surface area contributed by atoms with Gasteiger partial charge < -0.3 is 4.74 Å². The Kier molecular flexibility index (Phi) is 4.69. The van der Waals surface area contributed by atoms with Gasteiger partial charge in [-0.1, -0.05) is 13.2 Å². The highest BCUT2D eigenvalue weighted by molar-refractivity contribution is 5.90. The molecule has 0 atom stereocenters. The molecule has 0 amide bonds. The van der Waals surface area contributed by atoms with E-state index in [1.165, 1.54) is 6.08 Å². The molecule has 0 aromatic heterocycles. The molecule has 12 heavy (non-hydrogen) atoms. The Morgan fingerprint density at radius 1 is 1.50 bits per heavy atom. The first-order chi connectivity index (χ1) is 5.57. The predicted octanol–water partition coefficient (Wildman–Crippen LogP) is 1.25. The number of carbonyl (C=O) groups excluding carboxylic acids is 2. The SMILES string of the molecule is C=CC(=O)CCOC(=O)C(=C)C. The molecule has 0 aliphatic rings. The van der Waals surface area contributed by atoms with E-state index < -0.39 is 5.97 Å². The van der Waals surface area contributed by atoms with Crippen LogP contribution in [0.2, 0.25) is 0 Å². The van der Waals surface area contributed by atoms with E-state index in [9.17, 15) is 9.59 Å². The molecule has 0 unspecified atom stereocenters. The van der Waals surface area contributed by atoms with Gasteiger partial charge in [0.1, 0.15) is 0 Å². The Balaban J connectivity index is 3.57. The van der Waals surface area contributed by atoms with E-state index >= 15 is 0 Å². The summed E-state index contributed by atoms with van der Waals surface area (Å²) in [5, 5.41) is 0. The topological polar surface area (TPSA) is 43.4 Å². The first-order valence-corrected chi connectivity index (χ1v) is 3.56. The molecule has 66 valence electrons. The summed E-state index contributed by atoms with van der Waals surface area (Å²) < 4.78 is 4.67. The van der Waals surface area contributed by atoms with Gasteiger partial charge >= 0.3 is 5.97 Å². The van der Waals surface area contributed by atoms with Crippen molar-refractivity contribution in [3.8, 4) is 0 Å². The molecule has 0 fully saturated rings. The van der Waals surface area contributed by atoms with E-state index in [1.807, 2.05) is 0 Å². The molecular formula is C9H12O3. The standard InChI is InChI=1S/C9H12O3/c1-4-8(10)5-6-12-9(11)7(2)3/h4H,1-2,5-6H2,3H3. The third-order valence-corrected chi connectivity index (χ3v) is 1.16. The van der Waals surface area contributed by atoms with Crippen molar-refractivity contribution in [2.24, 2.45) is 0 Å². The van der Waals surface area contributed by atoms with Crippen LogP contribution < -0.4 is 0 Å². The second-order valence-corrected chi connectivity index (χ2v) is 2.34. The summed E-state index contributed by atoms with van der Waals surface area (Å²) in [5.41, 5.74) is 0.334. The predicted molar refractivity (Wildman–Crippen MR) is 45.6 cm³/mol. The fourth-order valence-electron chi connectivity index (χ4n) is 0.470. The molecule has 3 nitrogen and oxygen atoms in total. The fraction of sp³-hybridized carbons (Fsp3) is 0.333. The molecule has 0 aliphatic heterocycles. The Labute approximate surface area is 71.7 Å². The van der Waals surface area contributed by atoms with Crippen LogP contribution in [0.5, 0.6) is 0 Å². The van der Waals surface area contributed by atoms with E-state index in [0.717, 1.165) is 0 Å². The minimum absolute atomic E-state index is 0.0938. The van der Waals surface area contributed by atoms with Crippen LogP contribution in [0.1, 0.15) is 13.3 Å². The molecule has 0 bridgehead atoms. The average molecular weight is 168 g/mol. The normalized spacial score (nSPS) is 8.75. The smallest absolute Gasteiger partial charge is 0.333 e. The Bertz CT molecular complexity index is 216. The van der Waals surface area contributed by atoms with Crippen molar-refractivity contribution in [1.82, 2.24) is 0 Å². The van der Waals surface area contributed by atoms with Gasteiger partial charge in [-0.05, 0) is 13.0 Å². The quantitative estimate of drug-likeness (QED) is 0.458. The lowest BCUT2D eigenvalue weighted by Crippen LogP contribution is -2.08. The minimum Gasteiger partial charge on any atom is -0.462 e. The van der Waals surface area contributed by atoms with Gasteiger partial charge in [-0.3, -0.25) is 4.79 Å². The highest BCUT2D eigenvalue weighted by Crippen LogP contribution is 1.93. The van der Waals surface area contributed by atoms with Gasteiger partial charge in [0.25, 0.3) is 0 Å². The average Bonchev–Trinajstić information content (AvgIpc) is 2.03. The number of carbonyl (C=O) groups is 2. The van der Waals surface area contributed by atoms with Gasteiger partial charge in [0.15, 0.2) is 5.78 Å². The highest BCUT2D eigenvalue weighted by atomic mass is 16.5. The maximum atomic E-state index is 10.8. The molecule has 0 radical (unpaired) electrons. The van der Waals surface area contributed by atoms with Crippen LogP contribution in [-0.4, -0.2) is 18.4 Å². The zero-order valence-corrected chi connectivity index (χ0v) is 7.13. The van der Waals surface area contributed by atoms with Crippen molar-refractivity contribution in [1.29, 1.82) is 0 Å². The lowest BCUT2D eigenvalue weighted by atomic mass is 10.3. The third-order valence-electron chi connectivity index (χ3n) is 1.16. The monoisotopic (exact) mass is 168 g/mol. The van der Waals surface area contributed by atoms with Crippen molar-refractivity contribution < 1.29 is 14.3 Å². The fourth-order valence-corrected chi connectivity index (χ4v) is 0.470. The number of hydrogen-bond acceptors (Lipinski definition) is 3. The van der Waals surface area contributed by atoms with E-state index in [1.54, 1.807) is 6.92 Å². The van der Waals surface area contributed by atoms with Gasteiger partial charge in [0, 0.05) is 12.0 Å². The molecule has 0 spiro atoms. The Morgan fingerprint density at radius 3 is 2.50 bits per heavy atom. The van der Waals surface area contributed by atoms with Gasteiger partial charge in [-0.15, -0.1) is 0 Å². The van der Waals surface area contributed by atoms with E-state index in [2.05, 4.69) is 17.9 Å². The van der Waals surface area contributed by atoms with Crippen molar-refractivity contribution in [3.63, 3.8) is 0 Å². The number of rotatable bonds is 5. The zero-order chi connectivity index (χ0) is 9.56. The Morgan fingerprint density at radius 2 is 2.08 bits per heavy atom. The van der Waals surface area contributed by atoms with E-state index in [-0.39, 0.29) is 18.8 Å². The molecule has 0 N–H and O–H groups in total. The van der Waals surface area contributed by atoms with Gasteiger partial charge in [-0.25, -0.2) is 4.79 Å². The minimum atomic E-state index is -0.466.